The number of fused-ring (bicyclic) bond motifs is 1. The smallest absolute Gasteiger partial charge is 0.238 e. The van der Waals surface area contributed by atoms with Crippen LogP contribution in [0.1, 0.15) is 35.1 Å². The Hall–Kier alpha value is -3.54. The van der Waals surface area contributed by atoms with Crippen molar-refractivity contribution in [1.82, 2.24) is 19.9 Å². The number of nitriles is 1. The quantitative estimate of drug-likeness (QED) is 0.312. The summed E-state index contributed by atoms with van der Waals surface area (Å²) in [5, 5.41) is 13.9. The number of likely N-dealkylation sites (tertiary alicyclic amines) is 1. The lowest BCUT2D eigenvalue weighted by molar-refractivity contribution is 0.211. The highest BCUT2D eigenvalue weighted by Crippen LogP contribution is 2.33. The van der Waals surface area contributed by atoms with Gasteiger partial charge in [0, 0.05) is 37.3 Å². The molecule has 182 valence electrons. The first-order valence-electron chi connectivity index (χ1n) is 12.0. The number of pyridine rings is 1. The number of nitrogens with one attached hydrogen (secondary N) is 1. The van der Waals surface area contributed by atoms with Crippen molar-refractivity contribution in [3.05, 3.63) is 81.6 Å². The van der Waals surface area contributed by atoms with Crippen LogP contribution in [0.2, 0.25) is 0 Å². The topological polar surface area (TPSA) is 87.0 Å². The third-order valence-corrected chi connectivity index (χ3v) is 7.08. The fraction of sp³-hybridized carbons (Fsp3) is 0.286. The first-order chi connectivity index (χ1) is 17.5. The number of nitrogens with zero attached hydrogens (tertiary/aromatic N) is 5. The van der Waals surface area contributed by atoms with E-state index in [0.717, 1.165) is 49.1 Å². The molecule has 1 fully saturated rings. The van der Waals surface area contributed by atoms with Gasteiger partial charge >= 0.3 is 0 Å². The van der Waals surface area contributed by atoms with E-state index >= 15 is 0 Å². The van der Waals surface area contributed by atoms with Gasteiger partial charge in [0.15, 0.2) is 0 Å². The van der Waals surface area contributed by atoms with Crippen molar-refractivity contribution in [1.29, 1.82) is 5.26 Å². The second-order valence-corrected chi connectivity index (χ2v) is 10.0. The Morgan fingerprint density at radius 2 is 1.86 bits per heavy atom. The van der Waals surface area contributed by atoms with E-state index in [9.17, 15) is 5.26 Å². The number of para-hydroxylation sites is 1. The Kier molecular flexibility index (Phi) is 7.12. The van der Waals surface area contributed by atoms with Crippen LogP contribution in [-0.2, 0) is 6.54 Å². The predicted molar refractivity (Wildman–Crippen MR) is 144 cm³/mol. The van der Waals surface area contributed by atoms with Crippen molar-refractivity contribution >= 4 is 32.8 Å². The minimum absolute atomic E-state index is 0.291. The maximum atomic E-state index is 9.20. The molecular formula is C28H27BrN6O. The Labute approximate surface area is 219 Å². The average molecular weight is 543 g/mol. The van der Waals surface area contributed by atoms with Crippen LogP contribution in [0.3, 0.4) is 0 Å². The Bertz CT molecular complexity index is 1410. The normalized spacial score (nSPS) is 14.5. The zero-order valence-corrected chi connectivity index (χ0v) is 21.9. The van der Waals surface area contributed by atoms with E-state index in [1.807, 2.05) is 38.2 Å². The highest BCUT2D eigenvalue weighted by atomic mass is 79.9. The molecule has 8 heteroatoms. The largest absolute Gasteiger partial charge is 0.437 e. The summed E-state index contributed by atoms with van der Waals surface area (Å²) in [6.45, 7) is 6.74. The Morgan fingerprint density at radius 1 is 1.11 bits per heavy atom. The maximum absolute atomic E-state index is 9.20. The number of hydrogen-bond donors (Lipinski definition) is 1. The number of piperidine rings is 1. The molecule has 36 heavy (non-hydrogen) atoms. The molecule has 2 aromatic heterocycles. The van der Waals surface area contributed by atoms with Crippen molar-refractivity contribution in [2.45, 2.75) is 39.3 Å². The highest BCUT2D eigenvalue weighted by Gasteiger charge is 2.21. The molecule has 0 unspecified atom stereocenters. The van der Waals surface area contributed by atoms with Gasteiger partial charge in [-0.3, -0.25) is 9.88 Å². The first-order valence-corrected chi connectivity index (χ1v) is 12.8. The van der Waals surface area contributed by atoms with Crippen LogP contribution in [0.5, 0.6) is 11.6 Å². The molecule has 2 aromatic carbocycles. The van der Waals surface area contributed by atoms with Crippen LogP contribution in [0.15, 0.2) is 59.3 Å². The van der Waals surface area contributed by atoms with Gasteiger partial charge in [0.2, 0.25) is 11.8 Å². The minimum Gasteiger partial charge on any atom is -0.437 e. The Balaban J connectivity index is 1.22. The molecular weight excluding hydrogens is 516 g/mol. The van der Waals surface area contributed by atoms with Gasteiger partial charge in [-0.25, -0.2) is 4.98 Å². The molecule has 7 nitrogen and oxygen atoms in total. The third kappa shape index (κ3) is 5.32. The standard InChI is InChI=1S/C28H27BrN6O/c1-18-13-20(15-30)14-19(2)26(18)36-27-24(29)16-32-28(34-27)33-23-8-11-35(12-9-23)17-22-6-3-5-21-7-4-10-31-25(21)22/h3-7,10,13-14,16,23H,8-9,11-12,17H2,1-2H3,(H,32,33,34). The molecule has 3 heterocycles. The molecule has 1 N–H and O–H groups in total. The first kappa shape index (κ1) is 24.2. The van der Waals surface area contributed by atoms with Gasteiger partial charge in [-0.15, -0.1) is 0 Å². The average Bonchev–Trinajstić information content (AvgIpc) is 2.89. The lowest BCUT2D eigenvalue weighted by Crippen LogP contribution is -2.39. The van der Waals surface area contributed by atoms with Gasteiger partial charge in [-0.1, -0.05) is 24.3 Å². The molecule has 0 spiro atoms. The maximum Gasteiger partial charge on any atom is 0.238 e. The van der Waals surface area contributed by atoms with Crippen LogP contribution < -0.4 is 10.1 Å². The van der Waals surface area contributed by atoms with E-state index in [0.29, 0.717) is 33.7 Å². The number of hydrogen-bond acceptors (Lipinski definition) is 7. The summed E-state index contributed by atoms with van der Waals surface area (Å²) in [5.74, 6) is 1.70. The van der Waals surface area contributed by atoms with Crippen LogP contribution in [0, 0.1) is 25.2 Å². The summed E-state index contributed by atoms with van der Waals surface area (Å²) in [7, 11) is 0. The fourth-order valence-corrected chi connectivity index (χ4v) is 4.99. The number of ether oxygens (including phenoxy) is 1. The second-order valence-electron chi connectivity index (χ2n) is 9.19. The van der Waals surface area contributed by atoms with Gasteiger partial charge in [0.1, 0.15) is 5.75 Å². The lowest BCUT2D eigenvalue weighted by atomic mass is 10.0. The van der Waals surface area contributed by atoms with Crippen LogP contribution in [0.25, 0.3) is 10.9 Å². The van der Waals surface area contributed by atoms with Crippen LogP contribution in [0.4, 0.5) is 5.95 Å². The number of anilines is 1. The number of benzene rings is 2. The summed E-state index contributed by atoms with van der Waals surface area (Å²) in [6.07, 6.45) is 5.58. The monoisotopic (exact) mass is 542 g/mol. The molecule has 1 aliphatic rings. The third-order valence-electron chi connectivity index (χ3n) is 6.53. The van der Waals surface area contributed by atoms with E-state index in [-0.39, 0.29) is 0 Å². The van der Waals surface area contributed by atoms with Crippen molar-refractivity contribution in [3.63, 3.8) is 0 Å². The molecule has 0 aliphatic carbocycles. The SMILES string of the molecule is Cc1cc(C#N)cc(C)c1Oc1nc(NC2CCN(Cc3cccc4cccnc34)CC2)ncc1Br. The zero-order chi connectivity index (χ0) is 25.1. The molecule has 0 atom stereocenters. The van der Waals surface area contributed by atoms with Gasteiger partial charge < -0.3 is 10.1 Å². The van der Waals surface area contributed by atoms with E-state index in [4.69, 9.17) is 4.74 Å². The highest BCUT2D eigenvalue weighted by molar-refractivity contribution is 9.10. The summed E-state index contributed by atoms with van der Waals surface area (Å²) in [4.78, 5) is 16.2. The van der Waals surface area contributed by atoms with E-state index in [2.05, 4.69) is 71.4 Å². The predicted octanol–water partition coefficient (Wildman–Crippen LogP) is 6.14. The van der Waals surface area contributed by atoms with Gasteiger partial charge in [-0.2, -0.15) is 10.2 Å². The molecule has 0 amide bonds. The van der Waals surface area contributed by atoms with Gasteiger partial charge in [-0.05, 0) is 77.5 Å². The number of rotatable bonds is 6. The van der Waals surface area contributed by atoms with E-state index in [1.54, 1.807) is 6.20 Å². The van der Waals surface area contributed by atoms with E-state index < -0.39 is 0 Å². The summed E-state index contributed by atoms with van der Waals surface area (Å²) in [6, 6.07) is 16.6. The molecule has 0 bridgehead atoms. The van der Waals surface area contributed by atoms with Crippen molar-refractivity contribution in [2.75, 3.05) is 18.4 Å². The molecule has 1 aliphatic heterocycles. The van der Waals surface area contributed by atoms with Gasteiger partial charge in [0.25, 0.3) is 0 Å². The van der Waals surface area contributed by atoms with Crippen LogP contribution >= 0.6 is 15.9 Å². The van der Waals surface area contributed by atoms with E-state index in [1.165, 1.54) is 10.9 Å². The molecule has 0 saturated carbocycles. The lowest BCUT2D eigenvalue weighted by Gasteiger charge is -2.32. The number of aromatic nitrogens is 3. The second kappa shape index (κ2) is 10.6. The summed E-state index contributed by atoms with van der Waals surface area (Å²) in [5.41, 5.74) is 4.75. The van der Waals surface area contributed by atoms with Gasteiger partial charge in [0.05, 0.1) is 27.8 Å². The number of aryl methyl sites for hydroxylation is 2. The van der Waals surface area contributed by atoms with Crippen molar-refractivity contribution in [2.24, 2.45) is 0 Å². The number of halogens is 1. The molecule has 4 aromatic rings. The van der Waals surface area contributed by atoms with Crippen molar-refractivity contribution < 1.29 is 4.74 Å². The molecule has 0 radical (unpaired) electrons. The molecule has 5 rings (SSSR count). The van der Waals surface area contributed by atoms with Crippen LogP contribution in [-0.4, -0.2) is 39.0 Å². The molecule has 1 saturated heterocycles. The fourth-order valence-electron chi connectivity index (χ4n) is 4.72. The zero-order valence-electron chi connectivity index (χ0n) is 20.3. The minimum atomic E-state index is 0.291. The summed E-state index contributed by atoms with van der Waals surface area (Å²) < 4.78 is 6.83. The summed E-state index contributed by atoms with van der Waals surface area (Å²) >= 11 is 3.50. The Morgan fingerprint density at radius 3 is 2.61 bits per heavy atom. The van der Waals surface area contributed by atoms with Crippen molar-refractivity contribution in [3.8, 4) is 17.7 Å².